The molecular weight excluding hydrogens is 248 g/mol. The maximum Gasteiger partial charge on any atom is 0.187 e. The number of thiocarbonyl (C=S) groups is 1. The van der Waals surface area contributed by atoms with E-state index in [2.05, 4.69) is 20.3 Å². The Morgan fingerprint density at radius 1 is 1.33 bits per heavy atom. The highest BCUT2D eigenvalue weighted by atomic mass is 32.1. The minimum absolute atomic E-state index is 0.307. The third-order valence-electron chi connectivity index (χ3n) is 2.71. The van der Waals surface area contributed by atoms with E-state index in [4.69, 9.17) is 18.0 Å². The van der Waals surface area contributed by atoms with Gasteiger partial charge in [0.2, 0.25) is 0 Å². The SMILES string of the molecule is CCc1nnc(-n2cncn2)c(C(N)=S)c1CC. The molecule has 2 N–H and O–H groups in total. The molecule has 94 valence electrons. The van der Waals surface area contributed by atoms with Crippen LogP contribution in [0.2, 0.25) is 0 Å². The van der Waals surface area contributed by atoms with Crippen LogP contribution in [0.5, 0.6) is 0 Å². The number of aryl methyl sites for hydroxylation is 1. The van der Waals surface area contributed by atoms with E-state index in [1.807, 2.05) is 13.8 Å². The molecule has 0 bridgehead atoms. The van der Waals surface area contributed by atoms with E-state index in [1.54, 1.807) is 6.33 Å². The fraction of sp³-hybridized carbons (Fsp3) is 0.364. The summed E-state index contributed by atoms with van der Waals surface area (Å²) in [5.41, 5.74) is 8.52. The minimum atomic E-state index is 0.307. The summed E-state index contributed by atoms with van der Waals surface area (Å²) < 4.78 is 1.53. The number of aromatic nitrogens is 5. The van der Waals surface area contributed by atoms with Gasteiger partial charge in [0, 0.05) is 0 Å². The molecule has 18 heavy (non-hydrogen) atoms. The average molecular weight is 262 g/mol. The molecule has 2 aromatic rings. The molecule has 7 heteroatoms. The van der Waals surface area contributed by atoms with Gasteiger partial charge in [-0.1, -0.05) is 26.1 Å². The predicted octanol–water partition coefficient (Wildman–Crippen LogP) is 0.816. The molecule has 0 spiro atoms. The molecule has 0 aliphatic carbocycles. The Bertz CT molecular complexity index is 563. The third-order valence-corrected chi connectivity index (χ3v) is 2.91. The second-order valence-electron chi connectivity index (χ2n) is 3.74. The first-order valence-electron chi connectivity index (χ1n) is 5.72. The number of hydrogen-bond acceptors (Lipinski definition) is 5. The Balaban J connectivity index is 2.71. The van der Waals surface area contributed by atoms with Crippen molar-refractivity contribution in [2.45, 2.75) is 26.7 Å². The standard InChI is InChI=1S/C11H14N6S/c1-3-7-8(4-2)15-16-11(9(7)10(12)18)17-6-13-5-14-17/h5-6H,3-4H2,1-2H3,(H2,12,18). The lowest BCUT2D eigenvalue weighted by molar-refractivity contribution is 0.779. The summed E-state index contributed by atoms with van der Waals surface area (Å²) in [6.45, 7) is 4.07. The van der Waals surface area contributed by atoms with Gasteiger partial charge in [-0.2, -0.15) is 10.2 Å². The molecular formula is C11H14N6S. The Morgan fingerprint density at radius 2 is 2.11 bits per heavy atom. The lowest BCUT2D eigenvalue weighted by Gasteiger charge is -2.13. The highest BCUT2D eigenvalue weighted by molar-refractivity contribution is 7.80. The van der Waals surface area contributed by atoms with E-state index in [0.29, 0.717) is 10.8 Å². The average Bonchev–Trinajstić information content (AvgIpc) is 2.90. The molecule has 0 aliphatic rings. The van der Waals surface area contributed by atoms with E-state index >= 15 is 0 Å². The maximum absolute atomic E-state index is 5.82. The Labute approximate surface area is 110 Å². The molecule has 2 heterocycles. The molecule has 0 saturated carbocycles. The second kappa shape index (κ2) is 5.18. The maximum atomic E-state index is 5.82. The van der Waals surface area contributed by atoms with E-state index in [1.165, 1.54) is 11.0 Å². The van der Waals surface area contributed by atoms with Gasteiger partial charge < -0.3 is 5.73 Å². The summed E-state index contributed by atoms with van der Waals surface area (Å²) in [6.07, 6.45) is 4.58. The van der Waals surface area contributed by atoms with Crippen molar-refractivity contribution in [2.75, 3.05) is 0 Å². The summed E-state index contributed by atoms with van der Waals surface area (Å²) in [5.74, 6) is 0.536. The van der Waals surface area contributed by atoms with Crippen LogP contribution in [0, 0.1) is 0 Å². The van der Waals surface area contributed by atoms with E-state index < -0.39 is 0 Å². The van der Waals surface area contributed by atoms with Crippen molar-refractivity contribution in [3.05, 3.63) is 29.5 Å². The topological polar surface area (TPSA) is 82.5 Å². The van der Waals surface area contributed by atoms with Crippen LogP contribution in [-0.4, -0.2) is 30.0 Å². The zero-order valence-electron chi connectivity index (χ0n) is 10.3. The molecule has 0 radical (unpaired) electrons. The summed E-state index contributed by atoms with van der Waals surface area (Å²) in [5, 5.41) is 12.4. The van der Waals surface area contributed by atoms with Gasteiger partial charge in [-0.3, -0.25) is 0 Å². The lowest BCUT2D eigenvalue weighted by atomic mass is 10.0. The lowest BCUT2D eigenvalue weighted by Crippen LogP contribution is -2.20. The molecule has 0 atom stereocenters. The quantitative estimate of drug-likeness (QED) is 0.821. The van der Waals surface area contributed by atoms with Crippen molar-refractivity contribution in [2.24, 2.45) is 5.73 Å². The molecule has 0 fully saturated rings. The van der Waals surface area contributed by atoms with Gasteiger partial charge in [0.25, 0.3) is 0 Å². The number of nitrogens with two attached hydrogens (primary N) is 1. The van der Waals surface area contributed by atoms with E-state index in [0.717, 1.165) is 29.7 Å². The van der Waals surface area contributed by atoms with E-state index in [9.17, 15) is 0 Å². The zero-order chi connectivity index (χ0) is 13.1. The normalized spacial score (nSPS) is 10.6. The molecule has 2 rings (SSSR count). The largest absolute Gasteiger partial charge is 0.389 e. The van der Waals surface area contributed by atoms with Gasteiger partial charge in [-0.25, -0.2) is 9.67 Å². The van der Waals surface area contributed by atoms with Crippen molar-refractivity contribution in [1.82, 2.24) is 25.0 Å². The smallest absolute Gasteiger partial charge is 0.187 e. The van der Waals surface area contributed by atoms with Crippen LogP contribution in [0.25, 0.3) is 5.82 Å². The van der Waals surface area contributed by atoms with Crippen LogP contribution in [0.1, 0.15) is 30.7 Å². The van der Waals surface area contributed by atoms with Gasteiger partial charge in [0.1, 0.15) is 17.6 Å². The van der Waals surface area contributed by atoms with Crippen LogP contribution in [-0.2, 0) is 12.8 Å². The van der Waals surface area contributed by atoms with E-state index in [-0.39, 0.29) is 0 Å². The monoisotopic (exact) mass is 262 g/mol. The van der Waals surface area contributed by atoms with Crippen molar-refractivity contribution in [1.29, 1.82) is 0 Å². The molecule has 0 amide bonds. The fourth-order valence-corrected chi connectivity index (χ4v) is 2.11. The summed E-state index contributed by atoms with van der Waals surface area (Å²) >= 11 is 5.13. The fourth-order valence-electron chi connectivity index (χ4n) is 1.90. The van der Waals surface area contributed by atoms with Crippen LogP contribution < -0.4 is 5.73 Å². The first kappa shape index (κ1) is 12.6. The highest BCUT2D eigenvalue weighted by Gasteiger charge is 2.18. The van der Waals surface area contributed by atoms with Crippen LogP contribution in [0.15, 0.2) is 12.7 Å². The molecule has 0 aromatic carbocycles. The van der Waals surface area contributed by atoms with Gasteiger partial charge in [-0.05, 0) is 18.4 Å². The van der Waals surface area contributed by atoms with Crippen molar-refractivity contribution < 1.29 is 0 Å². The molecule has 6 nitrogen and oxygen atoms in total. The Hall–Kier alpha value is -1.89. The number of hydrogen-bond donors (Lipinski definition) is 1. The van der Waals surface area contributed by atoms with Gasteiger partial charge in [-0.15, -0.1) is 5.10 Å². The number of nitrogens with zero attached hydrogens (tertiary/aromatic N) is 5. The zero-order valence-corrected chi connectivity index (χ0v) is 11.1. The summed E-state index contributed by atoms with van der Waals surface area (Å²) in [4.78, 5) is 4.20. The van der Waals surface area contributed by atoms with Gasteiger partial charge in [0.05, 0.1) is 11.3 Å². The van der Waals surface area contributed by atoms with Crippen molar-refractivity contribution in [3.8, 4) is 5.82 Å². The van der Waals surface area contributed by atoms with Crippen LogP contribution in [0.4, 0.5) is 0 Å². The first-order chi connectivity index (χ1) is 8.69. The van der Waals surface area contributed by atoms with Crippen LogP contribution in [0.3, 0.4) is 0 Å². The number of rotatable bonds is 4. The van der Waals surface area contributed by atoms with Gasteiger partial charge >= 0.3 is 0 Å². The van der Waals surface area contributed by atoms with Crippen molar-refractivity contribution >= 4 is 17.2 Å². The molecule has 2 aromatic heterocycles. The molecule has 0 saturated heterocycles. The van der Waals surface area contributed by atoms with Crippen LogP contribution >= 0.6 is 12.2 Å². The predicted molar refractivity (Wildman–Crippen MR) is 71.6 cm³/mol. The Morgan fingerprint density at radius 3 is 2.61 bits per heavy atom. The van der Waals surface area contributed by atoms with Gasteiger partial charge in [0.15, 0.2) is 5.82 Å². The third kappa shape index (κ3) is 2.08. The summed E-state index contributed by atoms with van der Waals surface area (Å²) in [6, 6.07) is 0. The highest BCUT2D eigenvalue weighted by Crippen LogP contribution is 2.19. The second-order valence-corrected chi connectivity index (χ2v) is 4.18. The molecule has 0 unspecified atom stereocenters. The minimum Gasteiger partial charge on any atom is -0.389 e. The van der Waals surface area contributed by atoms with Crippen molar-refractivity contribution in [3.63, 3.8) is 0 Å². The summed E-state index contributed by atoms with van der Waals surface area (Å²) in [7, 11) is 0. The molecule has 0 aliphatic heterocycles. The Kier molecular flexibility index (Phi) is 3.61. The first-order valence-corrected chi connectivity index (χ1v) is 6.13.